The molecule has 0 aromatic carbocycles. The molecular weight excluding hydrogens is 184 g/mol. The summed E-state index contributed by atoms with van der Waals surface area (Å²) in [5, 5.41) is 0.194. The molecule has 0 rings (SSSR count). The van der Waals surface area contributed by atoms with E-state index in [1.54, 1.807) is 0 Å². The van der Waals surface area contributed by atoms with E-state index in [2.05, 4.69) is 6.58 Å². The molecule has 0 unspecified atom stereocenters. The molecule has 3 heteroatoms. The summed E-state index contributed by atoms with van der Waals surface area (Å²) in [6, 6.07) is 0. The Labute approximate surface area is 84.7 Å². The molecule has 0 aromatic heterocycles. The molecule has 0 aliphatic rings. The van der Waals surface area contributed by atoms with Crippen LogP contribution in [0.5, 0.6) is 0 Å². The lowest BCUT2D eigenvalue weighted by atomic mass is 10.2. The molecule has 0 saturated carbocycles. The lowest BCUT2D eigenvalue weighted by molar-refractivity contribution is -0.111. The van der Waals surface area contributed by atoms with Gasteiger partial charge in [0, 0.05) is 5.92 Å². The normalized spacial score (nSPS) is 10.2. The van der Waals surface area contributed by atoms with Crippen molar-refractivity contribution in [2.75, 3.05) is 12.4 Å². The van der Waals surface area contributed by atoms with Crippen molar-refractivity contribution in [2.45, 2.75) is 27.2 Å². The molecule has 76 valence electrons. The number of carbonyl (C=O) groups excluding carboxylic acids is 1. The van der Waals surface area contributed by atoms with Crippen LogP contribution in [0.1, 0.15) is 27.2 Å². The summed E-state index contributed by atoms with van der Waals surface area (Å²) in [5.41, 5.74) is 0. The fourth-order valence-corrected chi connectivity index (χ4v) is 1.21. The first kappa shape index (κ1) is 12.6. The predicted molar refractivity (Wildman–Crippen MR) is 57.7 cm³/mol. The predicted octanol–water partition coefficient (Wildman–Crippen LogP) is 2.84. The van der Waals surface area contributed by atoms with Crippen LogP contribution in [0.25, 0.3) is 0 Å². The second kappa shape index (κ2) is 7.01. The zero-order chi connectivity index (χ0) is 10.3. The maximum atomic E-state index is 11.0. The molecule has 0 aliphatic heterocycles. The molecule has 0 atom stereocenters. The van der Waals surface area contributed by atoms with Crippen molar-refractivity contribution in [1.82, 2.24) is 0 Å². The first-order valence-corrected chi connectivity index (χ1v) is 5.53. The minimum Gasteiger partial charge on any atom is -0.498 e. The van der Waals surface area contributed by atoms with E-state index >= 15 is 0 Å². The molecule has 0 radical (unpaired) electrons. The van der Waals surface area contributed by atoms with Gasteiger partial charge in [0.05, 0.1) is 18.8 Å². The molecule has 0 saturated heterocycles. The average molecular weight is 202 g/mol. The van der Waals surface area contributed by atoms with Gasteiger partial charge in [0.15, 0.2) is 5.12 Å². The van der Waals surface area contributed by atoms with E-state index < -0.39 is 0 Å². The quantitative estimate of drug-likeness (QED) is 0.619. The largest absolute Gasteiger partial charge is 0.498 e. The number of hydrogen-bond donors (Lipinski definition) is 0. The molecule has 0 N–H and O–H groups in total. The lowest BCUT2D eigenvalue weighted by Crippen LogP contribution is -2.03. The van der Waals surface area contributed by atoms with Crippen molar-refractivity contribution < 1.29 is 9.53 Å². The number of carbonyl (C=O) groups is 1. The zero-order valence-electron chi connectivity index (χ0n) is 8.63. The molecule has 0 aliphatic carbocycles. The van der Waals surface area contributed by atoms with Crippen molar-refractivity contribution in [3.05, 3.63) is 12.3 Å². The molecular formula is C10H18O2S. The van der Waals surface area contributed by atoms with Crippen molar-refractivity contribution in [3.8, 4) is 0 Å². The van der Waals surface area contributed by atoms with Crippen LogP contribution in [0.15, 0.2) is 12.3 Å². The topological polar surface area (TPSA) is 26.3 Å². The van der Waals surface area contributed by atoms with Gasteiger partial charge in [-0.05, 0) is 5.75 Å². The molecule has 0 bridgehead atoms. The highest BCUT2D eigenvalue weighted by atomic mass is 32.2. The van der Waals surface area contributed by atoms with Gasteiger partial charge in [-0.3, -0.25) is 4.79 Å². The van der Waals surface area contributed by atoms with Gasteiger partial charge in [-0.1, -0.05) is 39.1 Å². The van der Waals surface area contributed by atoms with Crippen molar-refractivity contribution in [3.63, 3.8) is 0 Å². The summed E-state index contributed by atoms with van der Waals surface area (Å²) >= 11 is 1.34. The summed E-state index contributed by atoms with van der Waals surface area (Å²) in [6.45, 7) is 10.2. The molecule has 0 amide bonds. The van der Waals surface area contributed by atoms with Gasteiger partial charge >= 0.3 is 0 Å². The zero-order valence-corrected chi connectivity index (χ0v) is 9.45. The third kappa shape index (κ3) is 6.70. The third-order valence-corrected chi connectivity index (χ3v) is 2.36. The summed E-state index contributed by atoms with van der Waals surface area (Å²) in [7, 11) is 0. The average Bonchev–Trinajstić information content (AvgIpc) is 2.04. The second-order valence-corrected chi connectivity index (χ2v) is 4.35. The number of hydrogen-bond acceptors (Lipinski definition) is 3. The fourth-order valence-electron chi connectivity index (χ4n) is 0.665. The summed E-state index contributed by atoms with van der Waals surface area (Å²) in [4.78, 5) is 11.0. The maximum Gasteiger partial charge on any atom is 0.192 e. The van der Waals surface area contributed by atoms with E-state index in [0.29, 0.717) is 18.9 Å². The highest BCUT2D eigenvalue weighted by Gasteiger charge is 2.04. The Balaban J connectivity index is 3.45. The Kier molecular flexibility index (Phi) is 6.77. The Bertz CT molecular complexity index is 176. The van der Waals surface area contributed by atoms with E-state index in [1.165, 1.54) is 11.8 Å². The number of ether oxygens (including phenoxy) is 1. The minimum absolute atomic E-state index is 0.194. The van der Waals surface area contributed by atoms with Crippen LogP contribution >= 0.6 is 11.8 Å². The number of rotatable bonds is 6. The number of thioether (sulfide) groups is 1. The molecule has 13 heavy (non-hydrogen) atoms. The molecule has 2 nitrogen and oxygen atoms in total. The monoisotopic (exact) mass is 202 g/mol. The van der Waals surface area contributed by atoms with Crippen LogP contribution in [0.2, 0.25) is 0 Å². The van der Waals surface area contributed by atoms with Gasteiger partial charge in [0.25, 0.3) is 0 Å². The maximum absolute atomic E-state index is 11.0. The van der Waals surface area contributed by atoms with Crippen LogP contribution in [-0.4, -0.2) is 17.5 Å². The first-order chi connectivity index (χ1) is 6.07. The summed E-state index contributed by atoms with van der Waals surface area (Å²) in [6.07, 6.45) is 0.476. The van der Waals surface area contributed by atoms with E-state index in [9.17, 15) is 4.79 Å². The molecule has 0 heterocycles. The first-order valence-electron chi connectivity index (χ1n) is 4.55. The lowest BCUT2D eigenvalue weighted by Gasteiger charge is -2.10. The molecule has 0 spiro atoms. The van der Waals surface area contributed by atoms with Crippen molar-refractivity contribution in [2.24, 2.45) is 5.92 Å². The van der Waals surface area contributed by atoms with Gasteiger partial charge < -0.3 is 4.74 Å². The van der Waals surface area contributed by atoms with Crippen LogP contribution < -0.4 is 0 Å². The van der Waals surface area contributed by atoms with Crippen LogP contribution in [0.3, 0.4) is 0 Å². The fraction of sp³-hybridized carbons (Fsp3) is 0.700. The highest BCUT2D eigenvalue weighted by Crippen LogP contribution is 2.10. The van der Waals surface area contributed by atoms with E-state index in [-0.39, 0.29) is 5.12 Å². The smallest absolute Gasteiger partial charge is 0.192 e. The van der Waals surface area contributed by atoms with Crippen LogP contribution in [0, 0.1) is 5.92 Å². The summed E-state index contributed by atoms with van der Waals surface area (Å²) < 4.78 is 5.29. The van der Waals surface area contributed by atoms with Crippen LogP contribution in [-0.2, 0) is 9.53 Å². The van der Waals surface area contributed by atoms with E-state index in [0.717, 1.165) is 11.5 Å². The van der Waals surface area contributed by atoms with Gasteiger partial charge in [0.2, 0.25) is 0 Å². The van der Waals surface area contributed by atoms with Gasteiger partial charge in [-0.25, -0.2) is 0 Å². The van der Waals surface area contributed by atoms with Crippen molar-refractivity contribution in [1.29, 1.82) is 0 Å². The number of allylic oxidation sites excluding steroid dienone is 1. The highest BCUT2D eigenvalue weighted by molar-refractivity contribution is 8.13. The Morgan fingerprint density at radius 1 is 1.54 bits per heavy atom. The molecule has 0 aromatic rings. The van der Waals surface area contributed by atoms with Gasteiger partial charge in [0.1, 0.15) is 0 Å². The van der Waals surface area contributed by atoms with Crippen LogP contribution in [0.4, 0.5) is 0 Å². The van der Waals surface area contributed by atoms with Gasteiger partial charge in [-0.2, -0.15) is 0 Å². The third-order valence-electron chi connectivity index (χ3n) is 1.54. The Hall–Kier alpha value is -0.440. The van der Waals surface area contributed by atoms with Crippen molar-refractivity contribution >= 4 is 16.9 Å². The van der Waals surface area contributed by atoms with Gasteiger partial charge in [-0.15, -0.1) is 0 Å². The Morgan fingerprint density at radius 2 is 2.15 bits per heavy atom. The molecule has 0 fully saturated rings. The second-order valence-electron chi connectivity index (χ2n) is 3.02. The minimum atomic E-state index is 0.194. The van der Waals surface area contributed by atoms with E-state index in [1.807, 2.05) is 20.8 Å². The summed E-state index contributed by atoms with van der Waals surface area (Å²) in [5.74, 6) is 1.92. The Morgan fingerprint density at radius 3 is 2.62 bits per heavy atom. The van der Waals surface area contributed by atoms with E-state index in [4.69, 9.17) is 4.74 Å². The standard InChI is InChI=1S/C10H18O2S/c1-5-13-10(11)6-7-12-9(4)8(2)3/h8H,4-7H2,1-3H3. The SMILES string of the molecule is C=C(OCCC(=O)SCC)C(C)C.